The first kappa shape index (κ1) is 16.9. The summed E-state index contributed by atoms with van der Waals surface area (Å²) in [5.41, 5.74) is 1.62. The van der Waals surface area contributed by atoms with Gasteiger partial charge in [-0.2, -0.15) is 5.10 Å². The zero-order valence-electron chi connectivity index (χ0n) is 12.6. The Balaban J connectivity index is 1.86. The van der Waals surface area contributed by atoms with E-state index < -0.39 is 5.97 Å². The first-order chi connectivity index (χ1) is 11.2. The molecule has 1 aromatic heterocycles. The van der Waals surface area contributed by atoms with Crippen molar-refractivity contribution in [1.82, 2.24) is 20.5 Å². The van der Waals surface area contributed by atoms with Gasteiger partial charge in [0.2, 0.25) is 11.1 Å². The maximum Gasteiger partial charge on any atom is 0.325 e. The second-order valence-electron chi connectivity index (χ2n) is 4.36. The summed E-state index contributed by atoms with van der Waals surface area (Å²) in [6.07, 6.45) is 1.57. The van der Waals surface area contributed by atoms with Crippen LogP contribution in [0.4, 0.5) is 0 Å². The second kappa shape index (κ2) is 8.84. The summed E-state index contributed by atoms with van der Waals surface area (Å²) in [4.78, 5) is 27.2. The molecule has 0 unspecified atom stereocenters. The smallest absolute Gasteiger partial charge is 0.325 e. The molecule has 0 spiro atoms. The van der Waals surface area contributed by atoms with E-state index in [0.29, 0.717) is 10.9 Å². The number of ether oxygens (including phenoxy) is 1. The number of hydrogen-bond acceptors (Lipinski definition) is 7. The Hall–Kier alpha value is -2.48. The number of rotatable bonds is 7. The lowest BCUT2D eigenvalue weighted by Crippen LogP contribution is -2.31. The van der Waals surface area contributed by atoms with Crippen molar-refractivity contribution in [1.29, 1.82) is 0 Å². The van der Waals surface area contributed by atoms with Gasteiger partial charge in [0, 0.05) is 5.56 Å². The SMILES string of the molecule is CCOC(=O)CNC(=O)CSc1nncc(-c2ccccc2)n1. The highest BCUT2D eigenvalue weighted by Crippen LogP contribution is 2.18. The van der Waals surface area contributed by atoms with Crippen LogP contribution in [0.3, 0.4) is 0 Å². The summed E-state index contributed by atoms with van der Waals surface area (Å²) >= 11 is 1.15. The average molecular weight is 332 g/mol. The molecule has 0 atom stereocenters. The van der Waals surface area contributed by atoms with Crippen LogP contribution >= 0.6 is 11.8 Å². The number of hydrogen-bond donors (Lipinski definition) is 1. The van der Waals surface area contributed by atoms with Crippen LogP contribution < -0.4 is 5.32 Å². The van der Waals surface area contributed by atoms with Crippen LogP contribution in [0.15, 0.2) is 41.7 Å². The van der Waals surface area contributed by atoms with E-state index >= 15 is 0 Å². The molecule has 2 aromatic rings. The lowest BCUT2D eigenvalue weighted by Gasteiger charge is -2.05. The van der Waals surface area contributed by atoms with E-state index in [0.717, 1.165) is 17.3 Å². The van der Waals surface area contributed by atoms with Crippen LogP contribution in [0.5, 0.6) is 0 Å². The lowest BCUT2D eigenvalue weighted by atomic mass is 10.2. The average Bonchev–Trinajstić information content (AvgIpc) is 2.59. The van der Waals surface area contributed by atoms with Crippen LogP contribution in [0.1, 0.15) is 6.92 Å². The molecule has 7 nitrogen and oxygen atoms in total. The molecule has 1 heterocycles. The number of thioether (sulfide) groups is 1. The fourth-order valence-corrected chi connectivity index (χ4v) is 2.29. The van der Waals surface area contributed by atoms with Gasteiger partial charge in [-0.25, -0.2) is 4.98 Å². The van der Waals surface area contributed by atoms with Gasteiger partial charge in [0.1, 0.15) is 6.54 Å². The molecule has 0 saturated heterocycles. The number of aromatic nitrogens is 3. The summed E-state index contributed by atoms with van der Waals surface area (Å²) < 4.78 is 4.72. The maximum atomic E-state index is 11.7. The number of amides is 1. The molecule has 1 N–H and O–H groups in total. The predicted octanol–water partition coefficient (Wildman–Crippen LogP) is 1.31. The third kappa shape index (κ3) is 5.67. The van der Waals surface area contributed by atoms with Gasteiger partial charge >= 0.3 is 5.97 Å². The van der Waals surface area contributed by atoms with Crippen molar-refractivity contribution in [2.24, 2.45) is 0 Å². The molecule has 2 rings (SSSR count). The molecule has 0 saturated carbocycles. The monoisotopic (exact) mass is 332 g/mol. The summed E-state index contributed by atoms with van der Waals surface area (Å²) in [6.45, 7) is 1.85. The lowest BCUT2D eigenvalue weighted by molar-refractivity contribution is -0.143. The normalized spacial score (nSPS) is 10.1. The fourth-order valence-electron chi connectivity index (χ4n) is 1.66. The topological polar surface area (TPSA) is 94.1 Å². The molecule has 0 radical (unpaired) electrons. The van der Waals surface area contributed by atoms with Crippen molar-refractivity contribution < 1.29 is 14.3 Å². The highest BCUT2D eigenvalue weighted by atomic mass is 32.2. The first-order valence-electron chi connectivity index (χ1n) is 6.99. The summed E-state index contributed by atoms with van der Waals surface area (Å²) in [5, 5.41) is 10.7. The van der Waals surface area contributed by atoms with Gasteiger partial charge in [-0.05, 0) is 6.92 Å². The van der Waals surface area contributed by atoms with Crippen molar-refractivity contribution in [2.75, 3.05) is 18.9 Å². The minimum atomic E-state index is -0.463. The Morgan fingerprint density at radius 3 is 2.78 bits per heavy atom. The van der Waals surface area contributed by atoms with E-state index in [1.54, 1.807) is 13.1 Å². The highest BCUT2D eigenvalue weighted by molar-refractivity contribution is 7.99. The number of esters is 1. The zero-order chi connectivity index (χ0) is 16.5. The summed E-state index contributed by atoms with van der Waals surface area (Å²) in [6, 6.07) is 9.58. The van der Waals surface area contributed by atoms with Gasteiger partial charge in [0.25, 0.3) is 0 Å². The number of nitrogens with one attached hydrogen (secondary N) is 1. The molecule has 1 aromatic carbocycles. The van der Waals surface area contributed by atoms with E-state index in [2.05, 4.69) is 20.5 Å². The molecule has 0 fully saturated rings. The van der Waals surface area contributed by atoms with Crippen LogP contribution in [-0.4, -0.2) is 46.0 Å². The quantitative estimate of drug-likeness (QED) is 0.603. The largest absolute Gasteiger partial charge is 0.465 e. The standard InChI is InChI=1S/C15H16N4O3S/c1-2-22-14(21)9-16-13(20)10-23-15-18-12(8-17-19-15)11-6-4-3-5-7-11/h3-8H,2,9-10H2,1H3,(H,16,20). The molecule has 0 bridgehead atoms. The molecule has 0 aliphatic rings. The Labute approximate surface area is 137 Å². The Kier molecular flexibility index (Phi) is 6.49. The predicted molar refractivity (Wildman–Crippen MR) is 85.6 cm³/mol. The zero-order valence-corrected chi connectivity index (χ0v) is 13.4. The van der Waals surface area contributed by atoms with Gasteiger partial charge in [-0.15, -0.1) is 5.10 Å². The van der Waals surface area contributed by atoms with E-state index in [4.69, 9.17) is 4.74 Å². The summed E-state index contributed by atoms with van der Waals surface area (Å²) in [5.74, 6) is -0.661. The molecule has 0 aliphatic carbocycles. The van der Waals surface area contributed by atoms with E-state index in [1.807, 2.05) is 30.3 Å². The first-order valence-corrected chi connectivity index (χ1v) is 7.98. The third-order valence-electron chi connectivity index (χ3n) is 2.68. The van der Waals surface area contributed by atoms with Crippen molar-refractivity contribution in [2.45, 2.75) is 12.1 Å². The van der Waals surface area contributed by atoms with Crippen LogP contribution in [0.2, 0.25) is 0 Å². The van der Waals surface area contributed by atoms with E-state index in [-0.39, 0.29) is 24.8 Å². The molecule has 1 amide bonds. The Morgan fingerprint density at radius 1 is 1.26 bits per heavy atom. The Morgan fingerprint density at radius 2 is 2.04 bits per heavy atom. The molecule has 23 heavy (non-hydrogen) atoms. The van der Waals surface area contributed by atoms with Crippen LogP contribution in [-0.2, 0) is 14.3 Å². The fraction of sp³-hybridized carbons (Fsp3) is 0.267. The van der Waals surface area contributed by atoms with Crippen LogP contribution in [0.25, 0.3) is 11.3 Å². The molecule has 120 valence electrons. The van der Waals surface area contributed by atoms with Crippen molar-refractivity contribution in [3.8, 4) is 11.3 Å². The van der Waals surface area contributed by atoms with Crippen molar-refractivity contribution >= 4 is 23.6 Å². The van der Waals surface area contributed by atoms with E-state index in [1.165, 1.54) is 0 Å². The molecule has 0 aliphatic heterocycles. The maximum absolute atomic E-state index is 11.7. The second-order valence-corrected chi connectivity index (χ2v) is 5.30. The number of carbonyl (C=O) groups is 2. The van der Waals surface area contributed by atoms with Gasteiger partial charge in [0.05, 0.1) is 24.3 Å². The Bertz CT molecular complexity index is 667. The number of carbonyl (C=O) groups excluding carboxylic acids is 2. The van der Waals surface area contributed by atoms with Crippen LogP contribution in [0, 0.1) is 0 Å². The minimum absolute atomic E-state index is 0.0966. The minimum Gasteiger partial charge on any atom is -0.465 e. The molecular weight excluding hydrogens is 316 g/mol. The molecular formula is C15H16N4O3S. The van der Waals surface area contributed by atoms with Gasteiger partial charge in [-0.1, -0.05) is 42.1 Å². The summed E-state index contributed by atoms with van der Waals surface area (Å²) in [7, 11) is 0. The third-order valence-corrected chi connectivity index (χ3v) is 3.51. The number of nitrogens with zero attached hydrogens (tertiary/aromatic N) is 3. The highest BCUT2D eigenvalue weighted by Gasteiger charge is 2.09. The van der Waals surface area contributed by atoms with E-state index in [9.17, 15) is 9.59 Å². The van der Waals surface area contributed by atoms with Gasteiger partial charge in [0.15, 0.2) is 0 Å². The van der Waals surface area contributed by atoms with Crippen molar-refractivity contribution in [3.63, 3.8) is 0 Å². The van der Waals surface area contributed by atoms with Gasteiger partial charge in [-0.3, -0.25) is 9.59 Å². The number of benzene rings is 1. The molecule has 8 heteroatoms. The van der Waals surface area contributed by atoms with Crippen molar-refractivity contribution in [3.05, 3.63) is 36.5 Å². The van der Waals surface area contributed by atoms with Gasteiger partial charge < -0.3 is 10.1 Å².